The number of hydrogen-bond acceptors (Lipinski definition) is 6. The number of hydrazine groups is 1. The first-order valence-electron chi connectivity index (χ1n) is 9.17. The molecule has 3 aromatic rings. The molecule has 0 aliphatic carbocycles. The Labute approximate surface area is 178 Å². The molecule has 2 atom stereocenters. The first-order chi connectivity index (χ1) is 14.2. The number of thiophene rings is 1. The van der Waals surface area contributed by atoms with Gasteiger partial charge in [-0.3, -0.25) is 0 Å². The molecule has 2 aromatic carbocycles. The van der Waals surface area contributed by atoms with Gasteiger partial charge < -0.3 is 19.6 Å². The molecule has 0 radical (unpaired) electrons. The van der Waals surface area contributed by atoms with E-state index in [0.717, 1.165) is 22.6 Å². The molecule has 2 aliphatic rings. The quantitative estimate of drug-likeness (QED) is 0.604. The zero-order valence-corrected chi connectivity index (χ0v) is 17.5. The van der Waals surface area contributed by atoms with Crippen LogP contribution < -0.4 is 19.6 Å². The molecule has 2 unspecified atom stereocenters. The summed E-state index contributed by atoms with van der Waals surface area (Å²) in [4.78, 5) is 1.17. The monoisotopic (exact) mass is 426 g/mol. The van der Waals surface area contributed by atoms with Gasteiger partial charge >= 0.3 is 0 Å². The predicted molar refractivity (Wildman–Crippen MR) is 114 cm³/mol. The molecule has 2 aliphatic heterocycles. The maximum Gasteiger partial charge on any atom is 0.199 e. The van der Waals surface area contributed by atoms with E-state index in [0.29, 0.717) is 16.5 Å². The second kappa shape index (κ2) is 7.30. The summed E-state index contributed by atoms with van der Waals surface area (Å²) in [7, 11) is 3.27. The molecule has 3 heterocycles. The van der Waals surface area contributed by atoms with Crippen molar-refractivity contribution in [2.24, 2.45) is 0 Å². The highest BCUT2D eigenvalue weighted by Crippen LogP contribution is 2.49. The lowest BCUT2D eigenvalue weighted by atomic mass is 10.0. The number of halogens is 1. The van der Waals surface area contributed by atoms with E-state index in [9.17, 15) is 0 Å². The van der Waals surface area contributed by atoms with Gasteiger partial charge in [-0.1, -0.05) is 23.7 Å². The Balaban J connectivity index is 1.64. The summed E-state index contributed by atoms with van der Waals surface area (Å²) in [6.07, 6.45) is 1.80. The zero-order valence-electron chi connectivity index (χ0n) is 15.9. The fourth-order valence-electron chi connectivity index (χ4n) is 3.85. The number of nitrogens with zero attached hydrogens (tertiary/aromatic N) is 1. The molecule has 0 amide bonds. The van der Waals surface area contributed by atoms with Crippen LogP contribution in [0.15, 0.2) is 60.0 Å². The fourth-order valence-corrected chi connectivity index (χ4v) is 4.73. The average molecular weight is 427 g/mol. The van der Waals surface area contributed by atoms with Crippen LogP contribution in [0.25, 0.3) is 5.70 Å². The minimum absolute atomic E-state index is 0.0320. The normalized spacial score (nSPS) is 20.2. The van der Waals surface area contributed by atoms with Gasteiger partial charge in [-0.2, -0.15) is 5.01 Å². The molecule has 5 rings (SSSR count). The third kappa shape index (κ3) is 3.04. The summed E-state index contributed by atoms with van der Waals surface area (Å²) < 4.78 is 17.6. The van der Waals surface area contributed by atoms with Crippen LogP contribution in [-0.4, -0.2) is 19.2 Å². The molecule has 0 bridgehead atoms. The van der Waals surface area contributed by atoms with Crippen molar-refractivity contribution in [1.82, 2.24) is 10.4 Å². The number of hydrogen-bond donors (Lipinski definition) is 1. The zero-order chi connectivity index (χ0) is 20.0. The van der Waals surface area contributed by atoms with Crippen LogP contribution in [0.5, 0.6) is 17.2 Å². The van der Waals surface area contributed by atoms with E-state index in [4.69, 9.17) is 25.8 Å². The van der Waals surface area contributed by atoms with Gasteiger partial charge in [0.1, 0.15) is 5.75 Å². The van der Waals surface area contributed by atoms with Crippen molar-refractivity contribution in [2.45, 2.75) is 12.3 Å². The Hall–Kier alpha value is -2.67. The Bertz CT molecular complexity index is 1080. The molecular weight excluding hydrogens is 408 g/mol. The van der Waals surface area contributed by atoms with Gasteiger partial charge in [0.15, 0.2) is 17.7 Å². The van der Waals surface area contributed by atoms with Crippen molar-refractivity contribution in [3.8, 4) is 17.2 Å². The maximum atomic E-state index is 6.43. The summed E-state index contributed by atoms with van der Waals surface area (Å²) >= 11 is 7.99. The summed E-state index contributed by atoms with van der Waals surface area (Å²) in [6.45, 7) is 0. The van der Waals surface area contributed by atoms with Crippen LogP contribution in [0.4, 0.5) is 0 Å². The van der Waals surface area contributed by atoms with Crippen LogP contribution in [0, 0.1) is 0 Å². The van der Waals surface area contributed by atoms with Crippen LogP contribution >= 0.6 is 22.9 Å². The van der Waals surface area contributed by atoms with Crippen LogP contribution in [0.2, 0.25) is 5.02 Å². The van der Waals surface area contributed by atoms with Gasteiger partial charge in [0, 0.05) is 10.6 Å². The van der Waals surface area contributed by atoms with E-state index in [2.05, 4.69) is 28.0 Å². The molecular formula is C22H19ClN2O3S. The number of rotatable bonds is 4. The summed E-state index contributed by atoms with van der Waals surface area (Å²) in [5.41, 5.74) is 6.49. The fraction of sp³-hybridized carbons (Fsp3) is 0.182. The van der Waals surface area contributed by atoms with E-state index in [1.54, 1.807) is 25.6 Å². The highest BCUT2D eigenvalue weighted by molar-refractivity contribution is 7.11. The summed E-state index contributed by atoms with van der Waals surface area (Å²) in [6, 6.07) is 15.7. The molecule has 0 saturated carbocycles. The van der Waals surface area contributed by atoms with Gasteiger partial charge in [-0.05, 0) is 47.9 Å². The van der Waals surface area contributed by atoms with E-state index in [-0.39, 0.29) is 6.04 Å². The topological polar surface area (TPSA) is 43.0 Å². The minimum atomic E-state index is -0.410. The number of ether oxygens (including phenoxy) is 3. The van der Waals surface area contributed by atoms with Gasteiger partial charge in [0.05, 0.1) is 36.4 Å². The molecule has 1 aromatic heterocycles. The first kappa shape index (κ1) is 18.4. The standard InChI is InChI=1S/C22H19ClN2O3S/c1-26-19-6-3-5-14(21(19)27-2)22-25-17(12-16(24-25)20-7-4-10-29-20)15-11-13(23)8-9-18(15)28-22/h3-12,17,22,24H,1-2H3. The number of methoxy groups -OCH3 is 2. The average Bonchev–Trinajstić information content (AvgIpc) is 3.42. The van der Waals surface area contributed by atoms with E-state index < -0.39 is 6.23 Å². The van der Waals surface area contributed by atoms with Crippen molar-refractivity contribution in [3.05, 3.63) is 81.0 Å². The Kier molecular flexibility index (Phi) is 4.62. The summed E-state index contributed by atoms with van der Waals surface area (Å²) in [5.74, 6) is 2.12. The molecule has 29 heavy (non-hydrogen) atoms. The molecule has 0 fully saturated rings. The third-order valence-electron chi connectivity index (χ3n) is 5.14. The van der Waals surface area contributed by atoms with Gasteiger partial charge in [0.2, 0.25) is 0 Å². The molecule has 7 heteroatoms. The number of nitrogens with one attached hydrogen (secondary N) is 1. The van der Waals surface area contributed by atoms with Crippen LogP contribution in [0.3, 0.4) is 0 Å². The molecule has 148 valence electrons. The summed E-state index contributed by atoms with van der Waals surface area (Å²) in [5, 5.41) is 4.84. The first-order valence-corrected chi connectivity index (χ1v) is 10.4. The number of benzene rings is 2. The highest BCUT2D eigenvalue weighted by atomic mass is 35.5. The second-order valence-corrected chi connectivity index (χ2v) is 8.14. The van der Waals surface area contributed by atoms with Crippen molar-refractivity contribution >= 4 is 28.6 Å². The molecule has 5 nitrogen and oxygen atoms in total. The third-order valence-corrected chi connectivity index (χ3v) is 6.28. The Morgan fingerprint density at radius 2 is 1.97 bits per heavy atom. The smallest absolute Gasteiger partial charge is 0.199 e. The Morgan fingerprint density at radius 3 is 2.72 bits per heavy atom. The molecule has 0 spiro atoms. The van der Waals surface area contributed by atoms with Crippen LogP contribution in [-0.2, 0) is 0 Å². The largest absolute Gasteiger partial charge is 0.493 e. The highest BCUT2D eigenvalue weighted by Gasteiger charge is 2.41. The lowest BCUT2D eigenvalue weighted by Crippen LogP contribution is -2.43. The second-order valence-electron chi connectivity index (χ2n) is 6.76. The predicted octanol–water partition coefficient (Wildman–Crippen LogP) is 5.41. The van der Waals surface area contributed by atoms with Crippen molar-refractivity contribution in [2.75, 3.05) is 14.2 Å². The van der Waals surface area contributed by atoms with Gasteiger partial charge in [-0.15, -0.1) is 11.3 Å². The van der Waals surface area contributed by atoms with Gasteiger partial charge in [0.25, 0.3) is 0 Å². The Morgan fingerprint density at radius 1 is 1.07 bits per heavy atom. The molecule has 1 N–H and O–H groups in total. The molecule has 0 saturated heterocycles. The van der Waals surface area contributed by atoms with Gasteiger partial charge in [-0.25, -0.2) is 0 Å². The minimum Gasteiger partial charge on any atom is -0.493 e. The lowest BCUT2D eigenvalue weighted by molar-refractivity contribution is -0.0339. The van der Waals surface area contributed by atoms with Crippen molar-refractivity contribution in [3.63, 3.8) is 0 Å². The van der Waals surface area contributed by atoms with E-state index in [1.807, 2.05) is 42.5 Å². The maximum absolute atomic E-state index is 6.43. The number of fused-ring (bicyclic) bond motifs is 3. The number of para-hydroxylation sites is 1. The van der Waals surface area contributed by atoms with Crippen molar-refractivity contribution in [1.29, 1.82) is 0 Å². The lowest BCUT2D eigenvalue weighted by Gasteiger charge is -2.39. The SMILES string of the molecule is COc1cccc(C2Oc3ccc(Cl)cc3C3C=C(c4cccs4)NN32)c1OC. The van der Waals surface area contributed by atoms with Crippen molar-refractivity contribution < 1.29 is 14.2 Å². The van der Waals surface area contributed by atoms with E-state index in [1.165, 1.54) is 4.88 Å². The van der Waals surface area contributed by atoms with Crippen LogP contribution in [0.1, 0.15) is 28.3 Å². The van der Waals surface area contributed by atoms with E-state index >= 15 is 0 Å².